The summed E-state index contributed by atoms with van der Waals surface area (Å²) >= 11 is 0. The molecule has 0 aliphatic carbocycles. The molecular weight excluding hydrogens is 252 g/mol. The lowest BCUT2D eigenvalue weighted by atomic mass is 10.2. The molecule has 0 bridgehead atoms. The molecule has 0 saturated heterocycles. The summed E-state index contributed by atoms with van der Waals surface area (Å²) < 4.78 is 5.64. The third-order valence-electron chi connectivity index (χ3n) is 3.52. The van der Waals surface area contributed by atoms with E-state index in [9.17, 15) is 0 Å². The Kier molecular flexibility index (Phi) is 5.38. The van der Waals surface area contributed by atoms with E-state index in [1.165, 1.54) is 0 Å². The Hall–Kier alpha value is -1.59. The smallest absolute Gasteiger partial charge is 0.152 e. The monoisotopic (exact) mass is 276 g/mol. The standard InChI is InChI=1S/C15H24N4O/c1-4-19(5-2)9-8-16-10-13-11-17-18-15(13)14-7-6-12(3)20-14/h6-7,11,16H,4-5,8-10H2,1-3H3,(H,17,18). The first-order valence-electron chi connectivity index (χ1n) is 7.26. The summed E-state index contributed by atoms with van der Waals surface area (Å²) in [5, 5.41) is 10.6. The van der Waals surface area contributed by atoms with E-state index < -0.39 is 0 Å². The van der Waals surface area contributed by atoms with Gasteiger partial charge in [-0.2, -0.15) is 5.10 Å². The highest BCUT2D eigenvalue weighted by Crippen LogP contribution is 2.23. The molecule has 0 radical (unpaired) electrons. The minimum atomic E-state index is 0.798. The highest BCUT2D eigenvalue weighted by Gasteiger charge is 2.10. The molecule has 2 heterocycles. The molecule has 0 aliphatic rings. The summed E-state index contributed by atoms with van der Waals surface area (Å²) in [6, 6.07) is 3.94. The quantitative estimate of drug-likeness (QED) is 0.727. The van der Waals surface area contributed by atoms with Gasteiger partial charge in [0.25, 0.3) is 0 Å². The summed E-state index contributed by atoms with van der Waals surface area (Å²) in [4.78, 5) is 2.40. The van der Waals surface area contributed by atoms with E-state index in [4.69, 9.17) is 4.42 Å². The number of furan rings is 1. The number of aryl methyl sites for hydroxylation is 1. The number of hydrogen-bond donors (Lipinski definition) is 2. The van der Waals surface area contributed by atoms with Crippen LogP contribution in [0, 0.1) is 6.92 Å². The molecule has 0 saturated carbocycles. The van der Waals surface area contributed by atoms with E-state index in [-0.39, 0.29) is 0 Å². The van der Waals surface area contributed by atoms with Gasteiger partial charge in [-0.1, -0.05) is 13.8 Å². The maximum absolute atomic E-state index is 5.64. The molecule has 2 aromatic heterocycles. The molecule has 0 aromatic carbocycles. The Morgan fingerprint density at radius 2 is 2.10 bits per heavy atom. The largest absolute Gasteiger partial charge is 0.460 e. The van der Waals surface area contributed by atoms with Crippen LogP contribution in [0.25, 0.3) is 11.5 Å². The lowest BCUT2D eigenvalue weighted by Gasteiger charge is -2.17. The highest BCUT2D eigenvalue weighted by atomic mass is 16.3. The van der Waals surface area contributed by atoms with Crippen LogP contribution >= 0.6 is 0 Å². The summed E-state index contributed by atoms with van der Waals surface area (Å²) in [6.07, 6.45) is 1.86. The fraction of sp³-hybridized carbons (Fsp3) is 0.533. The van der Waals surface area contributed by atoms with E-state index in [1.807, 2.05) is 25.3 Å². The van der Waals surface area contributed by atoms with Crippen molar-refractivity contribution in [1.82, 2.24) is 20.4 Å². The summed E-state index contributed by atoms with van der Waals surface area (Å²) in [7, 11) is 0. The summed E-state index contributed by atoms with van der Waals surface area (Å²) in [5.74, 6) is 1.76. The first-order valence-corrected chi connectivity index (χ1v) is 7.26. The third-order valence-corrected chi connectivity index (χ3v) is 3.52. The van der Waals surface area contributed by atoms with Crippen molar-refractivity contribution in [2.75, 3.05) is 26.2 Å². The lowest BCUT2D eigenvalue weighted by molar-refractivity contribution is 0.302. The molecule has 2 rings (SSSR count). The second-order valence-electron chi connectivity index (χ2n) is 4.88. The van der Waals surface area contributed by atoms with Gasteiger partial charge in [0.05, 0.1) is 6.20 Å². The Bertz CT molecular complexity index is 513. The van der Waals surface area contributed by atoms with Gasteiger partial charge < -0.3 is 14.6 Å². The Balaban J connectivity index is 1.87. The molecule has 0 unspecified atom stereocenters. The molecule has 0 spiro atoms. The van der Waals surface area contributed by atoms with Crippen LogP contribution in [0.2, 0.25) is 0 Å². The Labute approximate surface area is 120 Å². The third kappa shape index (κ3) is 3.71. The summed E-state index contributed by atoms with van der Waals surface area (Å²) in [6.45, 7) is 11.4. The zero-order valence-corrected chi connectivity index (χ0v) is 12.6. The van der Waals surface area contributed by atoms with Crippen molar-refractivity contribution in [1.29, 1.82) is 0 Å². The SMILES string of the molecule is CCN(CC)CCNCc1cn[nH]c1-c1ccc(C)o1. The van der Waals surface area contributed by atoms with Gasteiger partial charge in [-0.25, -0.2) is 0 Å². The van der Waals surface area contributed by atoms with E-state index in [2.05, 4.69) is 34.3 Å². The predicted molar refractivity (Wildman–Crippen MR) is 80.5 cm³/mol. The fourth-order valence-corrected chi connectivity index (χ4v) is 2.23. The van der Waals surface area contributed by atoms with Gasteiger partial charge in [0.1, 0.15) is 11.5 Å². The second-order valence-corrected chi connectivity index (χ2v) is 4.88. The minimum absolute atomic E-state index is 0.798. The molecule has 0 aliphatic heterocycles. The van der Waals surface area contributed by atoms with Crippen LogP contribution < -0.4 is 5.32 Å². The number of nitrogens with one attached hydrogen (secondary N) is 2. The number of likely N-dealkylation sites (N-methyl/N-ethyl adjacent to an activating group) is 1. The molecular formula is C15H24N4O. The maximum Gasteiger partial charge on any atom is 0.152 e. The van der Waals surface area contributed by atoms with Crippen LogP contribution in [0.5, 0.6) is 0 Å². The van der Waals surface area contributed by atoms with Crippen LogP contribution in [0.3, 0.4) is 0 Å². The lowest BCUT2D eigenvalue weighted by Crippen LogP contribution is -2.31. The van der Waals surface area contributed by atoms with Crippen molar-refractivity contribution < 1.29 is 4.42 Å². The molecule has 110 valence electrons. The molecule has 0 atom stereocenters. The van der Waals surface area contributed by atoms with Crippen molar-refractivity contribution >= 4 is 0 Å². The normalized spacial score (nSPS) is 11.4. The number of hydrogen-bond acceptors (Lipinski definition) is 4. The first kappa shape index (κ1) is 14.8. The van der Waals surface area contributed by atoms with Crippen molar-refractivity contribution in [3.05, 3.63) is 29.7 Å². The van der Waals surface area contributed by atoms with Gasteiger partial charge in [0.2, 0.25) is 0 Å². The first-order chi connectivity index (χ1) is 9.74. The number of rotatable bonds is 8. The molecule has 5 nitrogen and oxygen atoms in total. The van der Waals surface area contributed by atoms with Crippen molar-refractivity contribution in [3.8, 4) is 11.5 Å². The second kappa shape index (κ2) is 7.26. The van der Waals surface area contributed by atoms with E-state index >= 15 is 0 Å². The van der Waals surface area contributed by atoms with Crippen molar-refractivity contribution in [2.45, 2.75) is 27.3 Å². The van der Waals surface area contributed by atoms with Gasteiger partial charge in [-0.3, -0.25) is 5.10 Å². The van der Waals surface area contributed by atoms with Gasteiger partial charge in [-0.05, 0) is 32.1 Å². The van der Waals surface area contributed by atoms with Crippen LogP contribution in [0.4, 0.5) is 0 Å². The zero-order valence-electron chi connectivity index (χ0n) is 12.6. The molecule has 2 aromatic rings. The topological polar surface area (TPSA) is 57.1 Å². The van der Waals surface area contributed by atoms with Crippen LogP contribution in [-0.4, -0.2) is 41.3 Å². The van der Waals surface area contributed by atoms with E-state index in [0.717, 1.165) is 55.5 Å². The zero-order chi connectivity index (χ0) is 14.4. The van der Waals surface area contributed by atoms with Crippen LogP contribution in [0.1, 0.15) is 25.2 Å². The van der Waals surface area contributed by atoms with E-state index in [1.54, 1.807) is 0 Å². The number of H-pyrrole nitrogens is 1. The van der Waals surface area contributed by atoms with E-state index in [0.29, 0.717) is 0 Å². The average Bonchev–Trinajstić information content (AvgIpc) is 3.07. The number of aromatic amines is 1. The molecule has 2 N–H and O–H groups in total. The van der Waals surface area contributed by atoms with Crippen LogP contribution in [0.15, 0.2) is 22.7 Å². The maximum atomic E-state index is 5.64. The molecule has 5 heteroatoms. The summed E-state index contributed by atoms with van der Waals surface area (Å²) in [5.41, 5.74) is 2.10. The van der Waals surface area contributed by atoms with Gasteiger partial charge >= 0.3 is 0 Å². The molecule has 0 fully saturated rings. The Morgan fingerprint density at radius 3 is 2.75 bits per heavy atom. The average molecular weight is 276 g/mol. The molecule has 20 heavy (non-hydrogen) atoms. The van der Waals surface area contributed by atoms with Gasteiger partial charge in [-0.15, -0.1) is 0 Å². The predicted octanol–water partition coefficient (Wildman–Crippen LogP) is 2.41. The molecule has 0 amide bonds. The van der Waals surface area contributed by atoms with Crippen molar-refractivity contribution in [3.63, 3.8) is 0 Å². The van der Waals surface area contributed by atoms with Gasteiger partial charge in [0, 0.05) is 25.2 Å². The Morgan fingerprint density at radius 1 is 1.30 bits per heavy atom. The fourth-order valence-electron chi connectivity index (χ4n) is 2.23. The van der Waals surface area contributed by atoms with Crippen molar-refractivity contribution in [2.24, 2.45) is 0 Å². The number of nitrogens with zero attached hydrogens (tertiary/aromatic N) is 2. The highest BCUT2D eigenvalue weighted by molar-refractivity contribution is 5.56. The van der Waals surface area contributed by atoms with Crippen LogP contribution in [-0.2, 0) is 6.54 Å². The van der Waals surface area contributed by atoms with Gasteiger partial charge in [0.15, 0.2) is 5.76 Å². The minimum Gasteiger partial charge on any atom is -0.460 e. The number of aromatic nitrogens is 2.